The summed E-state index contributed by atoms with van der Waals surface area (Å²) in [5.41, 5.74) is 5.69. The van der Waals surface area contributed by atoms with E-state index in [1.54, 1.807) is 0 Å². The zero-order valence-corrected chi connectivity index (χ0v) is 19.1. The van der Waals surface area contributed by atoms with E-state index in [1.807, 2.05) is 25.2 Å². The normalized spacial score (nSPS) is 16.7. The molecule has 6 heteroatoms. The van der Waals surface area contributed by atoms with Crippen LogP contribution in [-0.2, 0) is 13.1 Å². The number of hydrogen-bond acceptors (Lipinski definition) is 5. The maximum atomic E-state index is 5.05. The molecule has 1 unspecified atom stereocenters. The number of likely N-dealkylation sites (tertiary alicyclic amines) is 1. The number of aryl methyl sites for hydroxylation is 1. The molecule has 32 heavy (non-hydrogen) atoms. The number of anilines is 1. The molecule has 0 radical (unpaired) electrons. The third-order valence-corrected chi connectivity index (χ3v) is 6.36. The van der Waals surface area contributed by atoms with E-state index in [0.29, 0.717) is 0 Å². The van der Waals surface area contributed by atoms with Gasteiger partial charge < -0.3 is 9.47 Å². The van der Waals surface area contributed by atoms with Crippen LogP contribution in [0.4, 0.5) is 5.95 Å². The second-order valence-electron chi connectivity index (χ2n) is 8.62. The van der Waals surface area contributed by atoms with Crippen LogP contribution >= 0.6 is 0 Å². The number of nitrogens with zero attached hydrogens (tertiary/aromatic N) is 6. The van der Waals surface area contributed by atoms with Crippen LogP contribution in [0.5, 0.6) is 0 Å². The van der Waals surface area contributed by atoms with Crippen molar-refractivity contribution in [1.82, 2.24) is 24.4 Å². The van der Waals surface area contributed by atoms with Gasteiger partial charge in [-0.15, -0.1) is 0 Å². The molecule has 4 aromatic rings. The molecule has 1 aliphatic rings. The molecule has 0 bridgehead atoms. The van der Waals surface area contributed by atoms with Gasteiger partial charge in [-0.2, -0.15) is 0 Å². The average molecular weight is 427 g/mol. The van der Waals surface area contributed by atoms with Gasteiger partial charge in [-0.25, -0.2) is 15.0 Å². The SMILES string of the molecule is CCn1c(CN2CCCC2c2nc(N(C)C)ncc2-c2ccccc2)nc2ccccc21. The van der Waals surface area contributed by atoms with E-state index >= 15 is 0 Å². The third-order valence-electron chi connectivity index (χ3n) is 6.36. The number of aromatic nitrogens is 4. The first-order chi connectivity index (χ1) is 15.7. The summed E-state index contributed by atoms with van der Waals surface area (Å²) < 4.78 is 2.34. The van der Waals surface area contributed by atoms with Crippen molar-refractivity contribution in [3.63, 3.8) is 0 Å². The monoisotopic (exact) mass is 426 g/mol. The molecule has 1 saturated heterocycles. The fraction of sp³-hybridized carbons (Fsp3) is 0.346. The van der Waals surface area contributed by atoms with Crippen LogP contribution in [0.3, 0.4) is 0 Å². The van der Waals surface area contributed by atoms with E-state index in [0.717, 1.165) is 61.0 Å². The van der Waals surface area contributed by atoms with E-state index in [2.05, 4.69) is 76.0 Å². The molecule has 5 rings (SSSR count). The Morgan fingerprint density at radius 3 is 2.56 bits per heavy atom. The van der Waals surface area contributed by atoms with E-state index in [9.17, 15) is 0 Å². The lowest BCUT2D eigenvalue weighted by molar-refractivity contribution is 0.236. The number of benzene rings is 2. The van der Waals surface area contributed by atoms with Crippen LogP contribution in [0.25, 0.3) is 22.2 Å². The maximum absolute atomic E-state index is 5.05. The molecule has 0 N–H and O–H groups in total. The number of imidazole rings is 1. The lowest BCUT2D eigenvalue weighted by Gasteiger charge is -2.26. The minimum Gasteiger partial charge on any atom is -0.347 e. The molecular formula is C26H30N6. The van der Waals surface area contributed by atoms with Crippen molar-refractivity contribution >= 4 is 17.0 Å². The molecule has 0 aliphatic carbocycles. The average Bonchev–Trinajstić information content (AvgIpc) is 3.43. The molecule has 2 aromatic carbocycles. The fourth-order valence-corrected chi connectivity index (χ4v) is 4.80. The number of rotatable bonds is 6. The van der Waals surface area contributed by atoms with E-state index in [1.165, 1.54) is 11.1 Å². The molecule has 0 spiro atoms. The van der Waals surface area contributed by atoms with Crippen LogP contribution in [0.1, 0.15) is 37.3 Å². The molecule has 0 amide bonds. The Bertz CT molecular complexity index is 1210. The first-order valence-corrected chi connectivity index (χ1v) is 11.4. The predicted octanol–water partition coefficient (Wildman–Crippen LogP) is 4.92. The van der Waals surface area contributed by atoms with Gasteiger partial charge in [0.25, 0.3) is 0 Å². The van der Waals surface area contributed by atoms with Gasteiger partial charge in [-0.1, -0.05) is 42.5 Å². The van der Waals surface area contributed by atoms with Crippen molar-refractivity contribution in [1.29, 1.82) is 0 Å². The van der Waals surface area contributed by atoms with E-state index in [4.69, 9.17) is 9.97 Å². The van der Waals surface area contributed by atoms with Gasteiger partial charge in [0.05, 0.1) is 29.3 Å². The van der Waals surface area contributed by atoms with Crippen molar-refractivity contribution in [3.05, 3.63) is 72.3 Å². The molecule has 1 atom stereocenters. The van der Waals surface area contributed by atoms with Crippen LogP contribution in [0, 0.1) is 0 Å². The standard InChI is InChI=1S/C26H30N6/c1-4-32-22-14-9-8-13-21(22)28-24(32)18-31-16-10-15-23(31)25-20(19-11-6-5-7-12-19)17-27-26(29-25)30(2)3/h5-9,11-14,17,23H,4,10,15-16,18H2,1-3H3. The summed E-state index contributed by atoms with van der Waals surface area (Å²) in [4.78, 5) is 19.2. The van der Waals surface area contributed by atoms with Crippen molar-refractivity contribution in [3.8, 4) is 11.1 Å². The summed E-state index contributed by atoms with van der Waals surface area (Å²) in [6.45, 7) is 4.98. The van der Waals surface area contributed by atoms with Gasteiger partial charge in [0.1, 0.15) is 5.82 Å². The Kier molecular flexibility index (Phi) is 5.62. The molecule has 1 aliphatic heterocycles. The summed E-state index contributed by atoms with van der Waals surface area (Å²) in [5.74, 6) is 1.89. The van der Waals surface area contributed by atoms with E-state index in [-0.39, 0.29) is 6.04 Å². The zero-order valence-electron chi connectivity index (χ0n) is 19.1. The van der Waals surface area contributed by atoms with Crippen molar-refractivity contribution < 1.29 is 0 Å². The summed E-state index contributed by atoms with van der Waals surface area (Å²) in [6, 6.07) is 19.2. The van der Waals surface area contributed by atoms with Crippen LogP contribution in [0.15, 0.2) is 60.8 Å². The van der Waals surface area contributed by atoms with Crippen LogP contribution < -0.4 is 4.90 Å². The summed E-state index contributed by atoms with van der Waals surface area (Å²) >= 11 is 0. The highest BCUT2D eigenvalue weighted by atomic mass is 15.3. The molecular weight excluding hydrogens is 396 g/mol. The van der Waals surface area contributed by atoms with Crippen molar-refractivity contribution in [2.75, 3.05) is 25.5 Å². The van der Waals surface area contributed by atoms with Gasteiger partial charge in [-0.05, 0) is 44.0 Å². The third kappa shape index (κ3) is 3.75. The fourth-order valence-electron chi connectivity index (χ4n) is 4.80. The first kappa shape index (κ1) is 20.6. The smallest absolute Gasteiger partial charge is 0.225 e. The summed E-state index contributed by atoms with van der Waals surface area (Å²) in [5, 5.41) is 0. The van der Waals surface area contributed by atoms with Gasteiger partial charge in [0.15, 0.2) is 0 Å². The highest BCUT2D eigenvalue weighted by Crippen LogP contribution is 2.38. The lowest BCUT2D eigenvalue weighted by Crippen LogP contribution is -2.26. The summed E-state index contributed by atoms with van der Waals surface area (Å²) in [7, 11) is 3.99. The first-order valence-electron chi connectivity index (χ1n) is 11.4. The van der Waals surface area contributed by atoms with Gasteiger partial charge in [0.2, 0.25) is 5.95 Å². The number of hydrogen-bond donors (Lipinski definition) is 0. The number of fused-ring (bicyclic) bond motifs is 1. The topological polar surface area (TPSA) is 50.1 Å². The van der Waals surface area contributed by atoms with Gasteiger partial charge in [0, 0.05) is 32.4 Å². The largest absolute Gasteiger partial charge is 0.347 e. The van der Waals surface area contributed by atoms with Gasteiger partial charge >= 0.3 is 0 Å². The van der Waals surface area contributed by atoms with Crippen LogP contribution in [0.2, 0.25) is 0 Å². The second kappa shape index (κ2) is 8.71. The van der Waals surface area contributed by atoms with Gasteiger partial charge in [-0.3, -0.25) is 4.90 Å². The Labute approximate surface area is 189 Å². The molecule has 164 valence electrons. The van der Waals surface area contributed by atoms with Crippen LogP contribution in [-0.4, -0.2) is 45.1 Å². The second-order valence-corrected chi connectivity index (χ2v) is 8.62. The molecule has 6 nitrogen and oxygen atoms in total. The van der Waals surface area contributed by atoms with Crippen molar-refractivity contribution in [2.24, 2.45) is 0 Å². The van der Waals surface area contributed by atoms with E-state index < -0.39 is 0 Å². The molecule has 3 heterocycles. The maximum Gasteiger partial charge on any atom is 0.225 e. The Balaban J connectivity index is 1.54. The zero-order chi connectivity index (χ0) is 22.1. The minimum atomic E-state index is 0.247. The Hall–Kier alpha value is -3.25. The predicted molar refractivity (Wildman–Crippen MR) is 130 cm³/mol. The molecule has 1 fully saturated rings. The molecule has 0 saturated carbocycles. The minimum absolute atomic E-state index is 0.247. The number of para-hydroxylation sites is 2. The highest BCUT2D eigenvalue weighted by molar-refractivity contribution is 5.75. The Morgan fingerprint density at radius 2 is 1.78 bits per heavy atom. The van der Waals surface area contributed by atoms with Crippen molar-refractivity contribution in [2.45, 2.75) is 38.9 Å². The summed E-state index contributed by atoms with van der Waals surface area (Å²) in [6.07, 6.45) is 4.24. The molecule has 2 aromatic heterocycles. The Morgan fingerprint density at radius 1 is 1.00 bits per heavy atom. The highest BCUT2D eigenvalue weighted by Gasteiger charge is 2.31. The lowest BCUT2D eigenvalue weighted by atomic mass is 10.00. The quantitative estimate of drug-likeness (QED) is 0.438.